The molecule has 4 rings (SSSR count). The molecule has 184 valence electrons. The number of aliphatic hydroxyl groups excluding tert-OH is 1. The molecule has 1 aliphatic heterocycles. The number of carbonyl (C=O) groups is 2. The van der Waals surface area contributed by atoms with Crippen LogP contribution in [0, 0.1) is 11.8 Å². The molecule has 0 saturated carbocycles. The molecular formula is C27H24N2O7. The monoisotopic (exact) mass is 488 g/mol. The van der Waals surface area contributed by atoms with Crippen molar-refractivity contribution in [1.82, 2.24) is 4.98 Å². The molecule has 9 nitrogen and oxygen atoms in total. The molecule has 1 aliphatic rings. The SMILES string of the molecule is COC(=O)COc1ccc(C(O)C#Cc2cccc3c2/C(=C/c2[nH]ccc2OC)C(=O)N3)cc1OC. The van der Waals surface area contributed by atoms with Gasteiger partial charge in [-0.05, 0) is 42.0 Å². The number of aliphatic hydroxyl groups is 1. The molecule has 0 bridgehead atoms. The summed E-state index contributed by atoms with van der Waals surface area (Å²) in [6.07, 6.45) is 2.28. The van der Waals surface area contributed by atoms with Crippen LogP contribution in [-0.4, -0.2) is 49.9 Å². The van der Waals surface area contributed by atoms with E-state index in [0.717, 1.165) is 0 Å². The molecule has 0 fully saturated rings. The van der Waals surface area contributed by atoms with Crippen LogP contribution in [0.2, 0.25) is 0 Å². The normalized spacial score (nSPS) is 13.8. The smallest absolute Gasteiger partial charge is 0.343 e. The summed E-state index contributed by atoms with van der Waals surface area (Å²) in [6, 6.07) is 11.9. The zero-order valence-corrected chi connectivity index (χ0v) is 19.9. The van der Waals surface area contributed by atoms with E-state index in [1.165, 1.54) is 14.2 Å². The van der Waals surface area contributed by atoms with Crippen LogP contribution >= 0.6 is 0 Å². The van der Waals surface area contributed by atoms with Gasteiger partial charge in [-0.25, -0.2) is 4.79 Å². The summed E-state index contributed by atoms with van der Waals surface area (Å²) in [5, 5.41) is 13.6. The Hall–Kier alpha value is -4.68. The number of fused-ring (bicyclic) bond motifs is 1. The first-order valence-electron chi connectivity index (χ1n) is 10.9. The van der Waals surface area contributed by atoms with Crippen molar-refractivity contribution < 1.29 is 33.6 Å². The second-order valence-electron chi connectivity index (χ2n) is 7.65. The number of H-pyrrole nitrogens is 1. The van der Waals surface area contributed by atoms with Crippen LogP contribution in [0.3, 0.4) is 0 Å². The van der Waals surface area contributed by atoms with Crippen molar-refractivity contribution >= 4 is 29.2 Å². The van der Waals surface area contributed by atoms with E-state index in [1.54, 1.807) is 61.8 Å². The largest absolute Gasteiger partial charge is 0.495 e. The highest BCUT2D eigenvalue weighted by Crippen LogP contribution is 2.37. The predicted octanol–water partition coefficient (Wildman–Crippen LogP) is 3.16. The Kier molecular flexibility index (Phi) is 7.28. The second-order valence-corrected chi connectivity index (χ2v) is 7.65. The maximum Gasteiger partial charge on any atom is 0.343 e. The molecule has 3 aromatic rings. The molecule has 1 amide bonds. The highest BCUT2D eigenvalue weighted by molar-refractivity contribution is 6.35. The zero-order valence-electron chi connectivity index (χ0n) is 19.9. The number of anilines is 1. The predicted molar refractivity (Wildman–Crippen MR) is 133 cm³/mol. The molecule has 2 aromatic carbocycles. The number of hydrogen-bond acceptors (Lipinski definition) is 7. The fourth-order valence-electron chi connectivity index (χ4n) is 3.69. The van der Waals surface area contributed by atoms with Crippen molar-refractivity contribution in [2.45, 2.75) is 6.10 Å². The van der Waals surface area contributed by atoms with Crippen molar-refractivity contribution in [3.63, 3.8) is 0 Å². The van der Waals surface area contributed by atoms with Gasteiger partial charge < -0.3 is 34.4 Å². The molecular weight excluding hydrogens is 464 g/mol. The Labute approximate surface area is 207 Å². The maximum absolute atomic E-state index is 12.7. The molecule has 36 heavy (non-hydrogen) atoms. The van der Waals surface area contributed by atoms with Gasteiger partial charge in [0.05, 0.1) is 38.3 Å². The van der Waals surface area contributed by atoms with Gasteiger partial charge in [-0.3, -0.25) is 4.79 Å². The summed E-state index contributed by atoms with van der Waals surface area (Å²) in [5.41, 5.74) is 3.40. The number of aromatic amines is 1. The second kappa shape index (κ2) is 10.7. The van der Waals surface area contributed by atoms with Gasteiger partial charge in [0.1, 0.15) is 11.9 Å². The van der Waals surface area contributed by atoms with E-state index in [1.807, 2.05) is 0 Å². The lowest BCUT2D eigenvalue weighted by molar-refractivity contribution is -0.142. The molecule has 0 aliphatic carbocycles. The summed E-state index contributed by atoms with van der Waals surface area (Å²) in [7, 11) is 4.27. The standard InChI is InChI=1S/C27H24N2O7/c1-33-22-11-12-28-20(22)14-18-26-16(5-4-6-19(26)29-27(18)32)7-9-21(30)17-8-10-23(24(13-17)34-2)36-15-25(31)35-3/h4-6,8,10-14,21,28,30H,15H2,1-3H3,(H,29,32)/b18-14-. The number of amides is 1. The van der Waals surface area contributed by atoms with Gasteiger partial charge in [0.2, 0.25) is 0 Å². The summed E-state index contributed by atoms with van der Waals surface area (Å²) in [4.78, 5) is 27.1. The number of nitrogens with one attached hydrogen (secondary N) is 2. The van der Waals surface area contributed by atoms with Crippen molar-refractivity contribution in [2.75, 3.05) is 33.3 Å². The number of rotatable bonds is 7. The first kappa shape index (κ1) is 24.4. The number of carbonyl (C=O) groups excluding carboxylic acids is 2. The number of esters is 1. The molecule has 0 saturated heterocycles. The lowest BCUT2D eigenvalue weighted by Crippen LogP contribution is -2.13. The van der Waals surface area contributed by atoms with Crippen LogP contribution < -0.4 is 19.5 Å². The van der Waals surface area contributed by atoms with Gasteiger partial charge in [-0.15, -0.1) is 0 Å². The topological polar surface area (TPSA) is 119 Å². The van der Waals surface area contributed by atoms with Gasteiger partial charge in [-0.1, -0.05) is 24.0 Å². The quantitative estimate of drug-likeness (QED) is 0.266. The maximum atomic E-state index is 12.7. The first-order chi connectivity index (χ1) is 17.4. The molecule has 2 heterocycles. The molecule has 0 spiro atoms. The van der Waals surface area contributed by atoms with Crippen LogP contribution in [-0.2, 0) is 14.3 Å². The van der Waals surface area contributed by atoms with Crippen molar-refractivity contribution in [2.24, 2.45) is 0 Å². The van der Waals surface area contributed by atoms with Gasteiger partial charge in [0.25, 0.3) is 5.91 Å². The van der Waals surface area contributed by atoms with Crippen molar-refractivity contribution in [1.29, 1.82) is 0 Å². The lowest BCUT2D eigenvalue weighted by Gasteiger charge is -2.12. The Morgan fingerprint density at radius 1 is 1.08 bits per heavy atom. The fraction of sp³-hybridized carbons (Fsp3) is 0.185. The fourth-order valence-corrected chi connectivity index (χ4v) is 3.69. The molecule has 0 radical (unpaired) electrons. The van der Waals surface area contributed by atoms with E-state index in [9.17, 15) is 14.7 Å². The zero-order chi connectivity index (χ0) is 25.7. The minimum atomic E-state index is -1.15. The third-order valence-electron chi connectivity index (χ3n) is 5.49. The molecule has 1 aromatic heterocycles. The van der Waals surface area contributed by atoms with Gasteiger partial charge in [0.15, 0.2) is 18.1 Å². The van der Waals surface area contributed by atoms with Crippen LogP contribution in [0.25, 0.3) is 11.6 Å². The average Bonchev–Trinajstić information content (AvgIpc) is 3.49. The molecule has 9 heteroatoms. The Balaban J connectivity index is 1.62. The number of methoxy groups -OCH3 is 3. The Morgan fingerprint density at radius 2 is 1.89 bits per heavy atom. The Morgan fingerprint density at radius 3 is 2.64 bits per heavy atom. The van der Waals surface area contributed by atoms with Crippen LogP contribution in [0.5, 0.6) is 17.2 Å². The molecule has 3 N–H and O–H groups in total. The third-order valence-corrected chi connectivity index (χ3v) is 5.49. The van der Waals surface area contributed by atoms with Crippen LogP contribution in [0.1, 0.15) is 28.5 Å². The summed E-state index contributed by atoms with van der Waals surface area (Å²) >= 11 is 0. The van der Waals surface area contributed by atoms with Crippen molar-refractivity contribution in [3.05, 3.63) is 71.0 Å². The summed E-state index contributed by atoms with van der Waals surface area (Å²) in [6.45, 7) is -0.273. The lowest BCUT2D eigenvalue weighted by atomic mass is 9.99. The average molecular weight is 488 g/mol. The number of benzene rings is 2. The minimum Gasteiger partial charge on any atom is -0.495 e. The third kappa shape index (κ3) is 5.04. The van der Waals surface area contributed by atoms with Gasteiger partial charge >= 0.3 is 5.97 Å². The van der Waals surface area contributed by atoms with Crippen LogP contribution in [0.4, 0.5) is 5.69 Å². The van der Waals surface area contributed by atoms with E-state index < -0.39 is 12.1 Å². The van der Waals surface area contributed by atoms with E-state index >= 15 is 0 Å². The van der Waals surface area contributed by atoms with Crippen LogP contribution in [0.15, 0.2) is 48.7 Å². The van der Waals surface area contributed by atoms with E-state index in [0.29, 0.717) is 50.9 Å². The molecule has 1 atom stereocenters. The van der Waals surface area contributed by atoms with E-state index in [-0.39, 0.29) is 12.5 Å². The van der Waals surface area contributed by atoms with Crippen molar-refractivity contribution in [3.8, 4) is 29.1 Å². The van der Waals surface area contributed by atoms with E-state index in [2.05, 4.69) is 26.9 Å². The summed E-state index contributed by atoms with van der Waals surface area (Å²) in [5.74, 6) is 6.30. The first-order valence-corrected chi connectivity index (χ1v) is 10.9. The number of aromatic nitrogens is 1. The molecule has 1 unspecified atom stereocenters. The van der Waals surface area contributed by atoms with Gasteiger partial charge in [-0.2, -0.15) is 0 Å². The highest BCUT2D eigenvalue weighted by Gasteiger charge is 2.27. The van der Waals surface area contributed by atoms with Gasteiger partial charge in [0, 0.05) is 17.3 Å². The number of hydrogen-bond donors (Lipinski definition) is 3. The Bertz CT molecular complexity index is 1390. The minimum absolute atomic E-state index is 0.260. The summed E-state index contributed by atoms with van der Waals surface area (Å²) < 4.78 is 20.6. The number of ether oxygens (including phenoxy) is 4. The highest BCUT2D eigenvalue weighted by atomic mass is 16.6. The van der Waals surface area contributed by atoms with E-state index in [4.69, 9.17) is 14.2 Å².